The molecule has 5 nitrogen and oxygen atoms in total. The summed E-state index contributed by atoms with van der Waals surface area (Å²) in [5, 5.41) is 10.2. The van der Waals surface area contributed by atoms with E-state index < -0.39 is 0 Å². The van der Waals surface area contributed by atoms with E-state index in [4.69, 9.17) is 4.42 Å². The number of hydrogen-bond acceptors (Lipinski definition) is 5. The Kier molecular flexibility index (Phi) is 2.71. The molecule has 92 valence electrons. The second kappa shape index (κ2) is 4.38. The lowest BCUT2D eigenvalue weighted by Gasteiger charge is -1.93. The molecule has 0 amide bonds. The molecule has 3 heterocycles. The second-order valence-corrected chi connectivity index (χ2v) is 4.98. The van der Waals surface area contributed by atoms with E-state index in [-0.39, 0.29) is 0 Å². The molecule has 3 aromatic heterocycles. The fourth-order valence-electron chi connectivity index (χ4n) is 1.66. The SMILES string of the molecule is Cc1nc(Cn2cc(-c3cccs3)nn2)oc1C. The Morgan fingerprint density at radius 3 is 2.94 bits per heavy atom. The second-order valence-electron chi connectivity index (χ2n) is 4.03. The molecule has 0 aliphatic heterocycles. The average Bonchev–Trinajstić information content (AvgIpc) is 3.02. The van der Waals surface area contributed by atoms with Crippen molar-refractivity contribution in [2.24, 2.45) is 0 Å². The summed E-state index contributed by atoms with van der Waals surface area (Å²) in [4.78, 5) is 5.44. The molecule has 18 heavy (non-hydrogen) atoms. The van der Waals surface area contributed by atoms with E-state index in [9.17, 15) is 0 Å². The van der Waals surface area contributed by atoms with Gasteiger partial charge in [0, 0.05) is 0 Å². The molecule has 0 spiro atoms. The molecular weight excluding hydrogens is 248 g/mol. The fourth-order valence-corrected chi connectivity index (χ4v) is 2.33. The van der Waals surface area contributed by atoms with Crippen LogP contribution < -0.4 is 0 Å². The summed E-state index contributed by atoms with van der Waals surface area (Å²) in [6, 6.07) is 4.03. The highest BCUT2D eigenvalue weighted by atomic mass is 32.1. The van der Waals surface area contributed by atoms with E-state index >= 15 is 0 Å². The molecule has 0 saturated carbocycles. The summed E-state index contributed by atoms with van der Waals surface area (Å²) in [6.45, 7) is 4.35. The van der Waals surface area contributed by atoms with Crippen molar-refractivity contribution >= 4 is 11.3 Å². The van der Waals surface area contributed by atoms with Crippen molar-refractivity contribution < 1.29 is 4.42 Å². The summed E-state index contributed by atoms with van der Waals surface area (Å²) < 4.78 is 7.26. The lowest BCUT2D eigenvalue weighted by Crippen LogP contribution is -2.00. The predicted molar refractivity (Wildman–Crippen MR) is 68.4 cm³/mol. The van der Waals surface area contributed by atoms with E-state index in [1.54, 1.807) is 16.0 Å². The molecule has 0 saturated heterocycles. The van der Waals surface area contributed by atoms with Crippen LogP contribution in [0.15, 0.2) is 28.1 Å². The van der Waals surface area contributed by atoms with Crippen LogP contribution in [0.5, 0.6) is 0 Å². The number of nitrogens with zero attached hydrogens (tertiary/aromatic N) is 4. The molecule has 3 rings (SSSR count). The molecule has 6 heteroatoms. The third-order valence-corrected chi connectivity index (χ3v) is 3.57. The highest BCUT2D eigenvalue weighted by Crippen LogP contribution is 2.21. The molecule has 0 radical (unpaired) electrons. The van der Waals surface area contributed by atoms with Crippen LogP contribution >= 0.6 is 11.3 Å². The first-order valence-corrected chi connectivity index (χ1v) is 6.47. The molecule has 0 aliphatic carbocycles. The number of aryl methyl sites for hydroxylation is 2. The monoisotopic (exact) mass is 260 g/mol. The lowest BCUT2D eigenvalue weighted by molar-refractivity contribution is 0.442. The van der Waals surface area contributed by atoms with Gasteiger partial charge in [0.15, 0.2) is 0 Å². The maximum Gasteiger partial charge on any atom is 0.216 e. The minimum absolute atomic E-state index is 0.507. The number of hydrogen-bond donors (Lipinski definition) is 0. The largest absolute Gasteiger partial charge is 0.444 e. The summed E-state index contributed by atoms with van der Waals surface area (Å²) in [6.07, 6.45) is 1.90. The normalized spacial score (nSPS) is 11.0. The zero-order valence-electron chi connectivity index (χ0n) is 10.1. The van der Waals surface area contributed by atoms with Gasteiger partial charge in [-0.15, -0.1) is 16.4 Å². The minimum Gasteiger partial charge on any atom is -0.444 e. The Balaban J connectivity index is 1.82. The fraction of sp³-hybridized carbons (Fsp3) is 0.250. The predicted octanol–water partition coefficient (Wildman–Crippen LogP) is 2.66. The molecule has 0 aromatic carbocycles. The summed E-state index contributed by atoms with van der Waals surface area (Å²) in [5.74, 6) is 1.51. The molecule has 0 unspecified atom stereocenters. The van der Waals surface area contributed by atoms with Crippen molar-refractivity contribution in [3.8, 4) is 10.6 Å². The molecule has 0 bridgehead atoms. The van der Waals surface area contributed by atoms with Crippen molar-refractivity contribution in [1.82, 2.24) is 20.0 Å². The van der Waals surface area contributed by atoms with Crippen molar-refractivity contribution in [3.63, 3.8) is 0 Å². The van der Waals surface area contributed by atoms with Gasteiger partial charge in [-0.25, -0.2) is 9.67 Å². The number of thiophene rings is 1. The van der Waals surface area contributed by atoms with Gasteiger partial charge in [0.1, 0.15) is 18.0 Å². The third-order valence-electron chi connectivity index (χ3n) is 2.68. The smallest absolute Gasteiger partial charge is 0.216 e. The van der Waals surface area contributed by atoms with Crippen LogP contribution in [0.2, 0.25) is 0 Å². The Bertz CT molecular complexity index is 634. The maximum atomic E-state index is 5.52. The molecule has 0 atom stereocenters. The van der Waals surface area contributed by atoms with E-state index in [0.717, 1.165) is 22.0 Å². The standard InChI is InChI=1S/C12H12N4OS/c1-8-9(2)17-12(13-8)7-16-6-10(14-15-16)11-4-3-5-18-11/h3-6H,7H2,1-2H3. The van der Waals surface area contributed by atoms with E-state index in [2.05, 4.69) is 15.3 Å². The first-order chi connectivity index (χ1) is 8.72. The van der Waals surface area contributed by atoms with Crippen LogP contribution in [0.25, 0.3) is 10.6 Å². The van der Waals surface area contributed by atoms with Gasteiger partial charge >= 0.3 is 0 Å². The van der Waals surface area contributed by atoms with Gasteiger partial charge in [0.2, 0.25) is 5.89 Å². The van der Waals surface area contributed by atoms with Crippen molar-refractivity contribution in [2.45, 2.75) is 20.4 Å². The van der Waals surface area contributed by atoms with Crippen LogP contribution in [0.3, 0.4) is 0 Å². The first-order valence-electron chi connectivity index (χ1n) is 5.59. The van der Waals surface area contributed by atoms with Crippen LogP contribution in [0.4, 0.5) is 0 Å². The molecular formula is C12H12N4OS. The third kappa shape index (κ3) is 2.06. The van der Waals surface area contributed by atoms with Gasteiger partial charge in [-0.3, -0.25) is 0 Å². The zero-order valence-corrected chi connectivity index (χ0v) is 10.9. The van der Waals surface area contributed by atoms with Crippen LogP contribution in [-0.4, -0.2) is 20.0 Å². The Hall–Kier alpha value is -1.95. The quantitative estimate of drug-likeness (QED) is 0.726. The van der Waals surface area contributed by atoms with Gasteiger partial charge < -0.3 is 4.42 Å². The minimum atomic E-state index is 0.507. The van der Waals surface area contributed by atoms with E-state index in [1.165, 1.54) is 0 Å². The van der Waals surface area contributed by atoms with Crippen LogP contribution in [-0.2, 0) is 6.54 Å². The molecule has 0 fully saturated rings. The van der Waals surface area contributed by atoms with E-state index in [1.807, 2.05) is 37.6 Å². The van der Waals surface area contributed by atoms with Crippen molar-refractivity contribution in [1.29, 1.82) is 0 Å². The number of rotatable bonds is 3. The van der Waals surface area contributed by atoms with Gasteiger partial charge in [-0.2, -0.15) is 0 Å². The van der Waals surface area contributed by atoms with Gasteiger partial charge in [-0.1, -0.05) is 11.3 Å². The maximum absolute atomic E-state index is 5.52. The van der Waals surface area contributed by atoms with Crippen LogP contribution in [0.1, 0.15) is 17.3 Å². The summed E-state index contributed by atoms with van der Waals surface area (Å²) >= 11 is 1.65. The highest BCUT2D eigenvalue weighted by Gasteiger charge is 2.09. The topological polar surface area (TPSA) is 56.7 Å². The molecule has 3 aromatic rings. The lowest BCUT2D eigenvalue weighted by atomic mass is 10.4. The summed E-state index contributed by atoms with van der Waals surface area (Å²) in [5.41, 5.74) is 1.80. The van der Waals surface area contributed by atoms with Crippen molar-refractivity contribution in [2.75, 3.05) is 0 Å². The Morgan fingerprint density at radius 1 is 1.39 bits per heavy atom. The van der Waals surface area contributed by atoms with E-state index in [0.29, 0.717) is 12.4 Å². The van der Waals surface area contributed by atoms with Gasteiger partial charge in [0.05, 0.1) is 16.8 Å². The molecule has 0 N–H and O–H groups in total. The average molecular weight is 260 g/mol. The number of oxazole rings is 1. The highest BCUT2D eigenvalue weighted by molar-refractivity contribution is 7.13. The number of aromatic nitrogens is 4. The van der Waals surface area contributed by atoms with Crippen molar-refractivity contribution in [3.05, 3.63) is 41.1 Å². The Morgan fingerprint density at radius 2 is 2.28 bits per heavy atom. The Labute approximate surface area is 108 Å². The summed E-state index contributed by atoms with van der Waals surface area (Å²) in [7, 11) is 0. The zero-order chi connectivity index (χ0) is 12.5. The first kappa shape index (κ1) is 11.2. The van der Waals surface area contributed by atoms with Gasteiger partial charge in [-0.05, 0) is 25.3 Å². The van der Waals surface area contributed by atoms with Crippen LogP contribution in [0, 0.1) is 13.8 Å². The van der Waals surface area contributed by atoms with Gasteiger partial charge in [0.25, 0.3) is 0 Å². The molecule has 0 aliphatic rings.